The zero-order valence-corrected chi connectivity index (χ0v) is 14.6. The summed E-state index contributed by atoms with van der Waals surface area (Å²) in [6.07, 6.45) is 0.560. The molecule has 3 rings (SSSR count). The number of carbonyl (C=O) groups is 1. The fourth-order valence-corrected chi connectivity index (χ4v) is 3.32. The zero-order chi connectivity index (χ0) is 19.8. The predicted octanol–water partition coefficient (Wildman–Crippen LogP) is 3.29. The molecule has 0 saturated carbocycles. The lowest BCUT2D eigenvalue weighted by Crippen LogP contribution is -2.37. The number of nitrogens with one attached hydrogen (secondary N) is 1. The second-order valence-corrected chi connectivity index (χ2v) is 7.70. The van der Waals surface area contributed by atoms with Crippen LogP contribution in [0.5, 0.6) is 0 Å². The van der Waals surface area contributed by atoms with Gasteiger partial charge in [-0.05, 0) is 41.8 Å². The Bertz CT molecular complexity index is 973. The first kappa shape index (κ1) is 19.2. The predicted molar refractivity (Wildman–Crippen MR) is 89.9 cm³/mol. The molecule has 1 aliphatic heterocycles. The van der Waals surface area contributed by atoms with Crippen molar-refractivity contribution < 1.29 is 30.8 Å². The minimum atomic E-state index is -5.49. The number of sulfonamides is 1. The molecule has 10 heteroatoms. The molecule has 5 nitrogen and oxygen atoms in total. The molecule has 1 amide bonds. The van der Waals surface area contributed by atoms with E-state index in [4.69, 9.17) is 0 Å². The summed E-state index contributed by atoms with van der Waals surface area (Å²) in [7, 11) is -5.49. The maximum atomic E-state index is 13.4. The van der Waals surface area contributed by atoms with Crippen molar-refractivity contribution in [1.29, 1.82) is 0 Å². The average molecular weight is 402 g/mol. The van der Waals surface area contributed by atoms with Crippen LogP contribution < -0.4 is 4.72 Å². The molecule has 2 aromatic rings. The van der Waals surface area contributed by atoms with Crippen molar-refractivity contribution in [3.05, 3.63) is 65.0 Å². The van der Waals surface area contributed by atoms with Crippen LogP contribution in [0.25, 0.3) is 0 Å². The molecule has 0 spiro atoms. The minimum absolute atomic E-state index is 0.168. The van der Waals surface area contributed by atoms with Crippen LogP contribution in [0.1, 0.15) is 21.5 Å². The number of nitrogens with zero attached hydrogens (tertiary/aromatic N) is 1. The van der Waals surface area contributed by atoms with Gasteiger partial charge in [0.15, 0.2) is 0 Å². The van der Waals surface area contributed by atoms with Gasteiger partial charge >= 0.3 is 15.5 Å². The van der Waals surface area contributed by atoms with Crippen molar-refractivity contribution in [2.45, 2.75) is 18.5 Å². The van der Waals surface area contributed by atoms with Gasteiger partial charge in [0, 0.05) is 24.3 Å². The second-order valence-electron chi connectivity index (χ2n) is 6.03. The van der Waals surface area contributed by atoms with Crippen molar-refractivity contribution >= 4 is 21.6 Å². The van der Waals surface area contributed by atoms with E-state index in [2.05, 4.69) is 0 Å². The quantitative estimate of drug-likeness (QED) is 0.799. The molecule has 144 valence electrons. The maximum absolute atomic E-state index is 13.4. The number of carbonyl (C=O) groups excluding carboxylic acids is 1. The smallest absolute Gasteiger partial charge is 0.334 e. The number of benzene rings is 2. The standard InChI is InChI=1S/C17H14F4N2O3S/c18-13-4-3-12-7-8-23(16(24)15(12)9-13)10-11-1-5-14(6-2-11)22-27(25,26)17(19,20)21/h1-6,9,22H,7-8,10H2. The van der Waals surface area contributed by atoms with E-state index in [-0.39, 0.29) is 23.7 Å². The van der Waals surface area contributed by atoms with E-state index >= 15 is 0 Å². The number of anilines is 1. The summed E-state index contributed by atoms with van der Waals surface area (Å²) in [5.74, 6) is -0.845. The molecule has 1 N–H and O–H groups in total. The lowest BCUT2D eigenvalue weighted by molar-refractivity contribution is -0.0429. The van der Waals surface area contributed by atoms with E-state index in [9.17, 15) is 30.8 Å². The lowest BCUT2D eigenvalue weighted by atomic mass is 9.98. The Morgan fingerprint density at radius 3 is 2.37 bits per heavy atom. The van der Waals surface area contributed by atoms with E-state index in [0.29, 0.717) is 18.5 Å². The van der Waals surface area contributed by atoms with Crippen LogP contribution in [0.3, 0.4) is 0 Å². The third-order valence-electron chi connectivity index (χ3n) is 4.12. The van der Waals surface area contributed by atoms with Crippen molar-refractivity contribution in [3.63, 3.8) is 0 Å². The Morgan fingerprint density at radius 2 is 1.74 bits per heavy atom. The molecule has 2 aromatic carbocycles. The molecule has 0 unspecified atom stereocenters. The van der Waals surface area contributed by atoms with E-state index in [0.717, 1.165) is 5.56 Å². The summed E-state index contributed by atoms with van der Waals surface area (Å²) in [5, 5.41) is 0. The van der Waals surface area contributed by atoms with Gasteiger partial charge in [-0.25, -0.2) is 4.39 Å². The zero-order valence-electron chi connectivity index (χ0n) is 13.8. The molecular weight excluding hydrogens is 388 g/mol. The average Bonchev–Trinajstić information content (AvgIpc) is 2.58. The highest BCUT2D eigenvalue weighted by molar-refractivity contribution is 7.93. The highest BCUT2D eigenvalue weighted by atomic mass is 32.2. The Kier molecular flexibility index (Phi) is 4.85. The first-order valence-electron chi connectivity index (χ1n) is 7.82. The van der Waals surface area contributed by atoms with Crippen molar-refractivity contribution in [1.82, 2.24) is 4.90 Å². The Labute approximate surface area is 152 Å². The molecule has 1 aliphatic rings. The highest BCUT2D eigenvalue weighted by Gasteiger charge is 2.46. The van der Waals surface area contributed by atoms with Crippen LogP contribution in [0.4, 0.5) is 23.2 Å². The molecule has 0 aliphatic carbocycles. The summed E-state index contributed by atoms with van der Waals surface area (Å²) >= 11 is 0. The fourth-order valence-electron chi connectivity index (χ4n) is 2.76. The summed E-state index contributed by atoms with van der Waals surface area (Å²) in [5.41, 5.74) is -4.01. The van der Waals surface area contributed by atoms with Gasteiger partial charge in [0.2, 0.25) is 0 Å². The van der Waals surface area contributed by atoms with Crippen LogP contribution in [0.2, 0.25) is 0 Å². The van der Waals surface area contributed by atoms with Gasteiger partial charge in [-0.2, -0.15) is 21.6 Å². The van der Waals surface area contributed by atoms with Gasteiger partial charge < -0.3 is 4.90 Å². The van der Waals surface area contributed by atoms with Gasteiger partial charge in [0.1, 0.15) is 5.82 Å². The number of alkyl halides is 3. The number of amides is 1. The second kappa shape index (κ2) is 6.84. The van der Waals surface area contributed by atoms with Gasteiger partial charge in [-0.1, -0.05) is 18.2 Å². The summed E-state index contributed by atoms with van der Waals surface area (Å²) in [6.45, 7) is 0.584. The van der Waals surface area contributed by atoms with E-state index in [1.165, 1.54) is 46.0 Å². The van der Waals surface area contributed by atoms with Gasteiger partial charge in [-0.15, -0.1) is 0 Å². The molecular formula is C17H14F4N2O3S. The fraction of sp³-hybridized carbons (Fsp3) is 0.235. The molecule has 0 saturated heterocycles. The van der Waals surface area contributed by atoms with Crippen LogP contribution in [-0.2, 0) is 23.0 Å². The lowest BCUT2D eigenvalue weighted by Gasteiger charge is -2.28. The number of hydrogen-bond acceptors (Lipinski definition) is 3. The summed E-state index contributed by atoms with van der Waals surface area (Å²) in [4.78, 5) is 14.0. The Hall–Kier alpha value is -2.62. The number of rotatable bonds is 4. The largest absolute Gasteiger partial charge is 0.516 e. The molecule has 0 atom stereocenters. The third kappa shape index (κ3) is 4.05. The molecule has 0 aromatic heterocycles. The maximum Gasteiger partial charge on any atom is 0.516 e. The van der Waals surface area contributed by atoms with E-state index in [1.807, 2.05) is 0 Å². The van der Waals surface area contributed by atoms with Crippen LogP contribution in [0, 0.1) is 5.82 Å². The first-order valence-corrected chi connectivity index (χ1v) is 9.31. The van der Waals surface area contributed by atoms with Gasteiger partial charge in [0.25, 0.3) is 5.91 Å². The normalized spacial score (nSPS) is 14.8. The Morgan fingerprint density at radius 1 is 1.07 bits per heavy atom. The number of hydrogen-bond donors (Lipinski definition) is 1. The summed E-state index contributed by atoms with van der Waals surface area (Å²) in [6, 6.07) is 9.25. The van der Waals surface area contributed by atoms with Crippen molar-refractivity contribution in [3.8, 4) is 0 Å². The molecule has 0 fully saturated rings. The SMILES string of the molecule is O=C1c2cc(F)ccc2CCN1Cc1ccc(NS(=O)(=O)C(F)(F)F)cc1. The monoisotopic (exact) mass is 402 g/mol. The van der Waals surface area contributed by atoms with Gasteiger partial charge in [0.05, 0.1) is 0 Å². The van der Waals surface area contributed by atoms with E-state index < -0.39 is 21.3 Å². The van der Waals surface area contributed by atoms with Crippen LogP contribution in [0.15, 0.2) is 42.5 Å². The third-order valence-corrected chi connectivity index (χ3v) is 5.24. The van der Waals surface area contributed by atoms with Gasteiger partial charge in [-0.3, -0.25) is 9.52 Å². The molecule has 27 heavy (non-hydrogen) atoms. The van der Waals surface area contributed by atoms with Crippen LogP contribution >= 0.6 is 0 Å². The first-order chi connectivity index (χ1) is 12.6. The minimum Gasteiger partial charge on any atom is -0.334 e. The number of halogens is 4. The van der Waals surface area contributed by atoms with Crippen molar-refractivity contribution in [2.24, 2.45) is 0 Å². The molecule has 0 bridgehead atoms. The highest BCUT2D eigenvalue weighted by Crippen LogP contribution is 2.26. The van der Waals surface area contributed by atoms with E-state index in [1.54, 1.807) is 6.07 Å². The Balaban J connectivity index is 1.71. The van der Waals surface area contributed by atoms with Crippen LogP contribution in [-0.4, -0.2) is 31.3 Å². The topological polar surface area (TPSA) is 66.5 Å². The molecule has 1 heterocycles. The molecule has 0 radical (unpaired) electrons. The number of fused-ring (bicyclic) bond motifs is 1. The van der Waals surface area contributed by atoms with Crippen molar-refractivity contribution in [2.75, 3.05) is 11.3 Å². The summed E-state index contributed by atoms with van der Waals surface area (Å²) < 4.78 is 74.1.